The zero-order chi connectivity index (χ0) is 14.4. The lowest BCUT2D eigenvalue weighted by atomic mass is 10.0. The monoisotopic (exact) mass is 279 g/mol. The van der Waals surface area contributed by atoms with Gasteiger partial charge in [-0.2, -0.15) is 0 Å². The number of amides is 1. The molecule has 1 fully saturated rings. The van der Waals surface area contributed by atoms with Crippen LogP contribution in [0.25, 0.3) is 0 Å². The molecule has 1 aliphatic heterocycles. The minimum atomic E-state index is -0.889. The molecule has 2 heterocycles. The maximum Gasteiger partial charge on any atom is 0.222 e. The fourth-order valence-corrected chi connectivity index (χ4v) is 2.28. The molecule has 1 aliphatic rings. The van der Waals surface area contributed by atoms with Crippen LogP contribution in [0.4, 0.5) is 5.82 Å². The summed E-state index contributed by atoms with van der Waals surface area (Å²) >= 11 is 0. The quantitative estimate of drug-likeness (QED) is 0.777. The number of carbonyl (C=O) groups is 1. The molecule has 2 rings (SSSR count). The van der Waals surface area contributed by atoms with Crippen molar-refractivity contribution in [3.05, 3.63) is 24.4 Å². The largest absolute Gasteiger partial charge is 0.386 e. The Bertz CT molecular complexity index is 441. The molecule has 1 atom stereocenters. The molecule has 1 saturated heterocycles. The van der Waals surface area contributed by atoms with Gasteiger partial charge in [-0.15, -0.1) is 0 Å². The first-order valence-electron chi connectivity index (χ1n) is 6.77. The molecular formula is C14H21N3O3. The van der Waals surface area contributed by atoms with Gasteiger partial charge < -0.3 is 20.1 Å². The number of aliphatic hydroxyl groups is 1. The van der Waals surface area contributed by atoms with E-state index in [1.54, 1.807) is 13.3 Å². The van der Waals surface area contributed by atoms with Crippen molar-refractivity contribution in [1.29, 1.82) is 0 Å². The van der Waals surface area contributed by atoms with Gasteiger partial charge in [0.15, 0.2) is 0 Å². The van der Waals surface area contributed by atoms with Crippen LogP contribution < -0.4 is 10.2 Å². The van der Waals surface area contributed by atoms with Crippen molar-refractivity contribution < 1.29 is 14.6 Å². The number of nitrogens with zero attached hydrogens (tertiary/aromatic N) is 2. The highest BCUT2D eigenvalue weighted by Gasteiger charge is 2.36. The summed E-state index contributed by atoms with van der Waals surface area (Å²) in [6, 6.07) is 5.71. The van der Waals surface area contributed by atoms with E-state index >= 15 is 0 Å². The summed E-state index contributed by atoms with van der Waals surface area (Å²) < 4.78 is 4.84. The van der Waals surface area contributed by atoms with Crippen LogP contribution in [0.1, 0.15) is 12.8 Å². The van der Waals surface area contributed by atoms with E-state index in [0.29, 0.717) is 26.0 Å². The van der Waals surface area contributed by atoms with Crippen LogP contribution in [0.5, 0.6) is 0 Å². The maximum absolute atomic E-state index is 11.5. The summed E-state index contributed by atoms with van der Waals surface area (Å²) in [6.07, 6.45) is 2.67. The lowest BCUT2D eigenvalue weighted by Gasteiger charge is -2.24. The topological polar surface area (TPSA) is 74.7 Å². The molecule has 1 aromatic heterocycles. The zero-order valence-electron chi connectivity index (χ0n) is 11.7. The van der Waals surface area contributed by atoms with Crippen molar-refractivity contribution in [3.8, 4) is 0 Å². The van der Waals surface area contributed by atoms with E-state index in [1.807, 2.05) is 23.1 Å². The number of hydrogen-bond acceptors (Lipinski definition) is 5. The first-order valence-corrected chi connectivity index (χ1v) is 6.77. The number of nitrogens with one attached hydrogen (secondary N) is 1. The lowest BCUT2D eigenvalue weighted by Crippen LogP contribution is -2.45. The van der Waals surface area contributed by atoms with Gasteiger partial charge in [0, 0.05) is 39.4 Å². The Morgan fingerprint density at radius 3 is 3.15 bits per heavy atom. The Morgan fingerprint density at radius 2 is 2.45 bits per heavy atom. The number of aromatic nitrogens is 1. The number of methoxy groups -OCH3 is 1. The van der Waals surface area contributed by atoms with Crippen LogP contribution in [0.2, 0.25) is 0 Å². The molecule has 0 aromatic carbocycles. The van der Waals surface area contributed by atoms with E-state index in [0.717, 1.165) is 12.4 Å². The van der Waals surface area contributed by atoms with Crippen LogP contribution in [0.3, 0.4) is 0 Å². The number of rotatable bonds is 6. The van der Waals surface area contributed by atoms with E-state index in [1.165, 1.54) is 0 Å². The van der Waals surface area contributed by atoms with Gasteiger partial charge in [-0.3, -0.25) is 4.79 Å². The van der Waals surface area contributed by atoms with Gasteiger partial charge in [-0.25, -0.2) is 4.98 Å². The third-order valence-corrected chi connectivity index (χ3v) is 3.45. The third kappa shape index (κ3) is 3.91. The molecule has 110 valence electrons. The zero-order valence-corrected chi connectivity index (χ0v) is 11.7. The highest BCUT2D eigenvalue weighted by molar-refractivity contribution is 5.76. The number of anilines is 1. The maximum atomic E-state index is 11.5. The number of ether oxygens (including phenoxy) is 1. The Balaban J connectivity index is 1.83. The van der Waals surface area contributed by atoms with Crippen LogP contribution in [-0.4, -0.2) is 54.9 Å². The summed E-state index contributed by atoms with van der Waals surface area (Å²) in [5, 5.41) is 13.2. The molecule has 1 amide bonds. The smallest absolute Gasteiger partial charge is 0.222 e. The van der Waals surface area contributed by atoms with Gasteiger partial charge >= 0.3 is 0 Å². The summed E-state index contributed by atoms with van der Waals surface area (Å²) in [5.74, 6) is 0.755. The predicted molar refractivity (Wildman–Crippen MR) is 75.5 cm³/mol. The van der Waals surface area contributed by atoms with Crippen LogP contribution in [0.15, 0.2) is 24.4 Å². The predicted octanol–water partition coefficient (Wildman–Crippen LogP) is 0.175. The van der Waals surface area contributed by atoms with Crippen LogP contribution in [-0.2, 0) is 9.53 Å². The Kier molecular flexibility index (Phi) is 4.92. The van der Waals surface area contributed by atoms with Gasteiger partial charge in [0.25, 0.3) is 0 Å². The van der Waals surface area contributed by atoms with Gasteiger partial charge in [-0.05, 0) is 18.6 Å². The van der Waals surface area contributed by atoms with Gasteiger partial charge in [0.1, 0.15) is 11.4 Å². The fourth-order valence-electron chi connectivity index (χ4n) is 2.28. The first kappa shape index (κ1) is 14.7. The molecule has 0 spiro atoms. The normalized spacial score (nSPS) is 22.0. The molecule has 6 heteroatoms. The third-order valence-electron chi connectivity index (χ3n) is 3.45. The molecule has 0 radical (unpaired) electrons. The van der Waals surface area contributed by atoms with Crippen molar-refractivity contribution in [2.24, 2.45) is 0 Å². The summed E-state index contributed by atoms with van der Waals surface area (Å²) in [6.45, 7) is 1.87. The number of pyridine rings is 1. The minimum absolute atomic E-state index is 0.100. The number of β-amino-alcohol motifs (C(OH)–C–C–N with tert-alkyl or cyclic N) is 1. The standard InChI is InChI=1S/C14H21N3O3/c1-20-9-5-13(18)16-10-14(19)6-8-17(11-14)12-4-2-3-7-15-12/h2-4,7,19H,5-6,8-11H2,1H3,(H,16,18). The molecule has 2 N–H and O–H groups in total. The Hall–Kier alpha value is -1.66. The fraction of sp³-hybridized carbons (Fsp3) is 0.571. The molecule has 20 heavy (non-hydrogen) atoms. The van der Waals surface area contributed by atoms with E-state index in [4.69, 9.17) is 4.74 Å². The van der Waals surface area contributed by atoms with Crippen molar-refractivity contribution >= 4 is 11.7 Å². The van der Waals surface area contributed by atoms with E-state index in [9.17, 15) is 9.90 Å². The molecule has 1 aromatic rings. The van der Waals surface area contributed by atoms with Crippen LogP contribution >= 0.6 is 0 Å². The van der Waals surface area contributed by atoms with E-state index < -0.39 is 5.60 Å². The Labute approximate surface area is 118 Å². The Morgan fingerprint density at radius 1 is 1.60 bits per heavy atom. The van der Waals surface area contributed by atoms with Gasteiger partial charge in [0.2, 0.25) is 5.91 Å². The van der Waals surface area contributed by atoms with Crippen molar-refractivity contribution in [3.63, 3.8) is 0 Å². The van der Waals surface area contributed by atoms with Crippen LogP contribution in [0, 0.1) is 0 Å². The van der Waals surface area contributed by atoms with Gasteiger partial charge in [0.05, 0.1) is 6.61 Å². The summed E-state index contributed by atoms with van der Waals surface area (Å²) in [4.78, 5) is 17.8. The summed E-state index contributed by atoms with van der Waals surface area (Å²) in [7, 11) is 1.56. The molecule has 0 saturated carbocycles. The molecular weight excluding hydrogens is 258 g/mol. The van der Waals surface area contributed by atoms with Gasteiger partial charge in [-0.1, -0.05) is 6.07 Å². The second-order valence-corrected chi connectivity index (χ2v) is 5.10. The van der Waals surface area contributed by atoms with Crippen molar-refractivity contribution in [2.75, 3.05) is 38.3 Å². The van der Waals surface area contributed by atoms with Crippen molar-refractivity contribution in [2.45, 2.75) is 18.4 Å². The lowest BCUT2D eigenvalue weighted by molar-refractivity contribution is -0.123. The van der Waals surface area contributed by atoms with Crippen molar-refractivity contribution in [1.82, 2.24) is 10.3 Å². The molecule has 1 unspecified atom stereocenters. The second-order valence-electron chi connectivity index (χ2n) is 5.10. The average Bonchev–Trinajstić information content (AvgIpc) is 2.87. The molecule has 6 nitrogen and oxygen atoms in total. The summed E-state index contributed by atoms with van der Waals surface area (Å²) in [5.41, 5.74) is -0.889. The SMILES string of the molecule is COCCC(=O)NCC1(O)CCN(c2ccccn2)C1. The number of hydrogen-bond donors (Lipinski definition) is 2. The molecule has 0 bridgehead atoms. The highest BCUT2D eigenvalue weighted by atomic mass is 16.5. The highest BCUT2D eigenvalue weighted by Crippen LogP contribution is 2.24. The van der Waals surface area contributed by atoms with E-state index in [2.05, 4.69) is 10.3 Å². The minimum Gasteiger partial charge on any atom is -0.386 e. The number of carbonyl (C=O) groups excluding carboxylic acids is 1. The van der Waals surface area contributed by atoms with E-state index in [-0.39, 0.29) is 12.5 Å². The second kappa shape index (κ2) is 6.67. The average molecular weight is 279 g/mol. The first-order chi connectivity index (χ1) is 9.63. The molecule has 0 aliphatic carbocycles.